The molecule has 0 aliphatic carbocycles. The second-order valence-electron chi connectivity index (χ2n) is 8.21. The molecule has 170 valence electrons. The number of benzene rings is 3. The van der Waals surface area contributed by atoms with Gasteiger partial charge in [0, 0.05) is 29.2 Å². The lowest BCUT2D eigenvalue weighted by atomic mass is 10.1. The Labute approximate surface area is 202 Å². The molecule has 0 unspecified atom stereocenters. The maximum Gasteiger partial charge on any atom is 0.293 e. The number of carbonyl (C=O) groups excluding carboxylic acids is 2. The Bertz CT molecular complexity index is 1370. The fourth-order valence-electron chi connectivity index (χ4n) is 4.02. The number of fused-ring (bicyclic) bond motifs is 1. The Morgan fingerprint density at radius 3 is 2.44 bits per heavy atom. The van der Waals surface area contributed by atoms with Crippen LogP contribution < -0.4 is 4.74 Å². The molecule has 0 bridgehead atoms. The second kappa shape index (κ2) is 9.61. The summed E-state index contributed by atoms with van der Waals surface area (Å²) >= 11 is 0.980. The minimum Gasteiger partial charge on any atom is -0.492 e. The molecular weight excluding hydrogens is 444 g/mol. The van der Waals surface area contributed by atoms with Crippen molar-refractivity contribution in [2.24, 2.45) is 0 Å². The number of hydrogen-bond donors (Lipinski definition) is 0. The number of ether oxygens (including phenoxy) is 1. The summed E-state index contributed by atoms with van der Waals surface area (Å²) in [6.45, 7) is 3.28. The van der Waals surface area contributed by atoms with Crippen LogP contribution in [0.25, 0.3) is 17.0 Å². The van der Waals surface area contributed by atoms with Gasteiger partial charge in [0.25, 0.3) is 11.1 Å². The van der Waals surface area contributed by atoms with Gasteiger partial charge in [-0.25, -0.2) is 0 Å². The van der Waals surface area contributed by atoms with E-state index in [1.165, 1.54) is 16.0 Å². The van der Waals surface area contributed by atoms with E-state index in [9.17, 15) is 9.59 Å². The molecule has 4 aromatic rings. The van der Waals surface area contributed by atoms with Crippen molar-refractivity contribution in [3.8, 4) is 5.75 Å². The quantitative estimate of drug-likeness (QED) is 0.307. The Hall–Kier alpha value is -3.77. The van der Waals surface area contributed by atoms with Gasteiger partial charge in [0.2, 0.25) is 0 Å². The van der Waals surface area contributed by atoms with Gasteiger partial charge in [0.1, 0.15) is 12.4 Å². The summed E-state index contributed by atoms with van der Waals surface area (Å²) in [7, 11) is 0. The molecule has 5 rings (SSSR count). The molecule has 1 aliphatic rings. The highest BCUT2D eigenvalue weighted by atomic mass is 32.2. The van der Waals surface area contributed by atoms with Crippen molar-refractivity contribution in [1.29, 1.82) is 0 Å². The predicted octanol–water partition coefficient (Wildman–Crippen LogP) is 6.11. The molecule has 0 radical (unpaired) electrons. The normalized spacial score (nSPS) is 15.0. The van der Waals surface area contributed by atoms with E-state index in [2.05, 4.69) is 48.0 Å². The molecule has 5 nitrogen and oxygen atoms in total. The number of aryl methyl sites for hydroxylation is 1. The van der Waals surface area contributed by atoms with E-state index in [1.54, 1.807) is 0 Å². The molecule has 3 aromatic carbocycles. The number of para-hydroxylation sites is 2. The second-order valence-corrected chi connectivity index (χ2v) is 9.20. The zero-order valence-electron chi connectivity index (χ0n) is 18.8. The van der Waals surface area contributed by atoms with Crippen LogP contribution >= 0.6 is 11.8 Å². The van der Waals surface area contributed by atoms with Crippen molar-refractivity contribution in [2.45, 2.75) is 13.5 Å². The average molecular weight is 469 g/mol. The van der Waals surface area contributed by atoms with Gasteiger partial charge in [0.15, 0.2) is 0 Å². The molecule has 0 saturated carbocycles. The first-order chi connectivity index (χ1) is 16.6. The fourth-order valence-corrected chi connectivity index (χ4v) is 4.87. The highest BCUT2D eigenvalue weighted by molar-refractivity contribution is 8.18. The maximum absolute atomic E-state index is 13.0. The van der Waals surface area contributed by atoms with Crippen LogP contribution in [0.4, 0.5) is 4.79 Å². The van der Waals surface area contributed by atoms with Gasteiger partial charge < -0.3 is 9.30 Å². The van der Waals surface area contributed by atoms with Gasteiger partial charge in [-0.05, 0) is 48.5 Å². The summed E-state index contributed by atoms with van der Waals surface area (Å²) < 4.78 is 7.85. The summed E-state index contributed by atoms with van der Waals surface area (Å²) in [6.07, 6.45) is 3.88. The SMILES string of the molecule is Cc1ccc(Cn2cc(/C=C3\SC(=O)N(CCOc4ccccc4)C3=O)c3ccccc32)cc1. The summed E-state index contributed by atoms with van der Waals surface area (Å²) in [5, 5.41) is 0.783. The molecule has 0 spiro atoms. The van der Waals surface area contributed by atoms with E-state index in [0.717, 1.165) is 34.8 Å². The zero-order chi connectivity index (χ0) is 23.5. The van der Waals surface area contributed by atoms with Crippen LogP contribution in [0.1, 0.15) is 16.7 Å². The Balaban J connectivity index is 1.36. The van der Waals surface area contributed by atoms with Crippen molar-refractivity contribution in [2.75, 3.05) is 13.2 Å². The van der Waals surface area contributed by atoms with E-state index >= 15 is 0 Å². The third-order valence-electron chi connectivity index (χ3n) is 5.78. The maximum atomic E-state index is 13.0. The van der Waals surface area contributed by atoms with E-state index in [1.807, 2.05) is 54.6 Å². The molecule has 0 atom stereocenters. The Morgan fingerprint density at radius 2 is 1.65 bits per heavy atom. The monoisotopic (exact) mass is 468 g/mol. The van der Waals surface area contributed by atoms with Crippen LogP contribution in [0, 0.1) is 6.92 Å². The van der Waals surface area contributed by atoms with Crippen LogP contribution in [-0.2, 0) is 11.3 Å². The first kappa shape index (κ1) is 22.0. The summed E-state index contributed by atoms with van der Waals surface area (Å²) in [6, 6.07) is 26.0. The van der Waals surface area contributed by atoms with Gasteiger partial charge in [-0.1, -0.05) is 66.2 Å². The fraction of sp³-hybridized carbons (Fsp3) is 0.143. The summed E-state index contributed by atoms with van der Waals surface area (Å²) in [4.78, 5) is 27.2. The summed E-state index contributed by atoms with van der Waals surface area (Å²) in [5.41, 5.74) is 4.45. The number of amides is 2. The predicted molar refractivity (Wildman–Crippen MR) is 137 cm³/mol. The number of imide groups is 1. The van der Waals surface area contributed by atoms with Crippen LogP contribution in [0.15, 0.2) is 90.0 Å². The van der Waals surface area contributed by atoms with Gasteiger partial charge in [-0.15, -0.1) is 0 Å². The molecule has 1 aliphatic heterocycles. The van der Waals surface area contributed by atoms with E-state index in [4.69, 9.17) is 4.74 Å². The van der Waals surface area contributed by atoms with E-state index in [-0.39, 0.29) is 24.3 Å². The first-order valence-electron chi connectivity index (χ1n) is 11.1. The lowest BCUT2D eigenvalue weighted by Gasteiger charge is -2.13. The van der Waals surface area contributed by atoms with Crippen LogP contribution in [0.5, 0.6) is 5.75 Å². The average Bonchev–Trinajstić information content (AvgIpc) is 3.33. The van der Waals surface area contributed by atoms with Crippen molar-refractivity contribution >= 4 is 39.9 Å². The highest BCUT2D eigenvalue weighted by Crippen LogP contribution is 2.34. The van der Waals surface area contributed by atoms with Crippen LogP contribution in [-0.4, -0.2) is 33.8 Å². The van der Waals surface area contributed by atoms with Crippen LogP contribution in [0.3, 0.4) is 0 Å². The minimum atomic E-state index is -0.276. The van der Waals surface area contributed by atoms with Crippen molar-refractivity contribution in [3.63, 3.8) is 0 Å². The van der Waals surface area contributed by atoms with Crippen molar-refractivity contribution in [3.05, 3.63) is 107 Å². The third kappa shape index (κ3) is 4.63. The summed E-state index contributed by atoms with van der Waals surface area (Å²) in [5.74, 6) is 0.438. The molecule has 34 heavy (non-hydrogen) atoms. The largest absolute Gasteiger partial charge is 0.492 e. The number of carbonyl (C=O) groups is 2. The van der Waals surface area contributed by atoms with E-state index in [0.29, 0.717) is 10.7 Å². The molecule has 0 N–H and O–H groups in total. The standard InChI is InChI=1S/C28H24N2O3S/c1-20-11-13-21(14-12-20)18-29-19-22(24-9-5-6-10-25(24)29)17-26-27(31)30(28(32)34-26)15-16-33-23-7-3-2-4-8-23/h2-14,17,19H,15-16,18H2,1H3/b26-17-. The topological polar surface area (TPSA) is 51.5 Å². The molecule has 2 amide bonds. The van der Waals surface area contributed by atoms with Gasteiger partial charge in [0.05, 0.1) is 11.4 Å². The van der Waals surface area contributed by atoms with Crippen LogP contribution in [0.2, 0.25) is 0 Å². The zero-order valence-corrected chi connectivity index (χ0v) is 19.6. The number of nitrogens with zero attached hydrogens (tertiary/aromatic N) is 2. The minimum absolute atomic E-state index is 0.214. The first-order valence-corrected chi connectivity index (χ1v) is 12.0. The Morgan fingerprint density at radius 1 is 0.912 bits per heavy atom. The van der Waals surface area contributed by atoms with Gasteiger partial charge in [-0.3, -0.25) is 14.5 Å². The number of thioether (sulfide) groups is 1. The molecule has 1 aromatic heterocycles. The van der Waals surface area contributed by atoms with E-state index < -0.39 is 0 Å². The molecule has 1 saturated heterocycles. The van der Waals surface area contributed by atoms with Crippen molar-refractivity contribution in [1.82, 2.24) is 9.47 Å². The molecule has 2 heterocycles. The lowest BCUT2D eigenvalue weighted by molar-refractivity contribution is -0.123. The number of rotatable bonds is 7. The van der Waals surface area contributed by atoms with Gasteiger partial charge >= 0.3 is 0 Å². The highest BCUT2D eigenvalue weighted by Gasteiger charge is 2.35. The lowest BCUT2D eigenvalue weighted by Crippen LogP contribution is -2.32. The molecule has 6 heteroatoms. The smallest absolute Gasteiger partial charge is 0.293 e. The number of hydrogen-bond acceptors (Lipinski definition) is 4. The molecule has 1 fully saturated rings. The number of aromatic nitrogens is 1. The molecular formula is C28H24N2O3S. The Kier molecular flexibility index (Phi) is 6.23. The van der Waals surface area contributed by atoms with Gasteiger partial charge in [-0.2, -0.15) is 0 Å². The van der Waals surface area contributed by atoms with Crippen molar-refractivity contribution < 1.29 is 14.3 Å². The third-order valence-corrected chi connectivity index (χ3v) is 6.69.